The molecule has 0 bridgehead atoms. The number of rotatable bonds is 5. The molecular weight excluding hydrogens is 328 g/mol. The van der Waals surface area contributed by atoms with Crippen molar-refractivity contribution < 1.29 is 9.53 Å². The average molecular weight is 367 g/mol. The van der Waals surface area contributed by atoms with E-state index in [2.05, 4.69) is 24.9 Å². The van der Waals surface area contributed by atoms with Crippen LogP contribution in [-0.2, 0) is 9.53 Å². The van der Waals surface area contributed by atoms with Gasteiger partial charge in [0.15, 0.2) is 0 Å². The molecule has 3 rings (SSSR count). The zero-order valence-electron chi connectivity index (χ0n) is 16.4. The van der Waals surface area contributed by atoms with E-state index >= 15 is 0 Å². The van der Waals surface area contributed by atoms with Crippen molar-refractivity contribution in [2.75, 3.05) is 6.26 Å². The molecule has 25 heavy (non-hydrogen) atoms. The first-order chi connectivity index (χ1) is 12.2. The lowest BCUT2D eigenvalue weighted by Crippen LogP contribution is -2.32. The second kappa shape index (κ2) is 9.67. The molecule has 3 saturated carbocycles. The maximum absolute atomic E-state index is 12.6. The third-order valence-corrected chi connectivity index (χ3v) is 8.58. The molecule has 144 valence electrons. The molecule has 3 aliphatic carbocycles. The van der Waals surface area contributed by atoms with Crippen LogP contribution < -0.4 is 0 Å². The van der Waals surface area contributed by atoms with E-state index in [-0.39, 0.29) is 18.0 Å². The van der Waals surface area contributed by atoms with Gasteiger partial charge in [-0.25, -0.2) is 0 Å². The molecule has 0 aliphatic heterocycles. The van der Waals surface area contributed by atoms with E-state index in [9.17, 15) is 4.79 Å². The molecule has 3 aliphatic rings. The highest BCUT2D eigenvalue weighted by molar-refractivity contribution is 7.99. The summed E-state index contributed by atoms with van der Waals surface area (Å²) >= 11 is 2.05. The van der Waals surface area contributed by atoms with Gasteiger partial charge in [0.25, 0.3) is 0 Å². The first kappa shape index (κ1) is 19.6. The molecule has 0 aromatic carbocycles. The Morgan fingerprint density at radius 2 is 1.40 bits per heavy atom. The highest BCUT2D eigenvalue weighted by atomic mass is 32.2. The van der Waals surface area contributed by atoms with E-state index in [0.29, 0.717) is 5.92 Å². The fraction of sp³-hybridized carbons (Fsp3) is 0.955. The molecule has 3 heteroatoms. The van der Waals surface area contributed by atoms with Crippen molar-refractivity contribution in [2.24, 2.45) is 23.7 Å². The van der Waals surface area contributed by atoms with Crippen LogP contribution in [0.4, 0.5) is 0 Å². The Bertz CT molecular complexity index is 402. The molecule has 0 spiro atoms. The van der Waals surface area contributed by atoms with Gasteiger partial charge in [-0.3, -0.25) is 4.79 Å². The maximum Gasteiger partial charge on any atom is 0.309 e. The molecule has 0 aromatic rings. The maximum atomic E-state index is 12.6. The summed E-state index contributed by atoms with van der Waals surface area (Å²) in [4.78, 5) is 12.6. The lowest BCUT2D eigenvalue weighted by atomic mass is 9.71. The van der Waals surface area contributed by atoms with Crippen molar-refractivity contribution in [2.45, 2.75) is 102 Å². The van der Waals surface area contributed by atoms with Gasteiger partial charge >= 0.3 is 5.97 Å². The van der Waals surface area contributed by atoms with E-state index in [1.165, 1.54) is 70.6 Å². The summed E-state index contributed by atoms with van der Waals surface area (Å²) in [6.45, 7) is 2.13. The van der Waals surface area contributed by atoms with E-state index in [1.54, 1.807) is 0 Å². The second-order valence-corrected chi connectivity index (χ2v) is 10.1. The van der Waals surface area contributed by atoms with Crippen LogP contribution in [0.2, 0.25) is 0 Å². The molecule has 0 aromatic heterocycles. The van der Waals surface area contributed by atoms with Crippen LogP contribution >= 0.6 is 11.8 Å². The lowest BCUT2D eigenvalue weighted by Gasteiger charge is -2.37. The Balaban J connectivity index is 1.38. The fourth-order valence-corrected chi connectivity index (χ4v) is 6.34. The number of ether oxygens (including phenoxy) is 1. The molecule has 3 fully saturated rings. The highest BCUT2D eigenvalue weighted by Crippen LogP contribution is 2.42. The van der Waals surface area contributed by atoms with E-state index in [4.69, 9.17) is 4.74 Å². The van der Waals surface area contributed by atoms with E-state index < -0.39 is 0 Å². The van der Waals surface area contributed by atoms with Crippen LogP contribution in [-0.4, -0.2) is 23.6 Å². The van der Waals surface area contributed by atoms with Gasteiger partial charge in [-0.15, -0.1) is 0 Å². The standard InChI is InChI=1S/C22H38O2S/c1-16(17-6-4-3-5-7-17)24-22(23)20-10-8-18(9-11-20)19-12-14-21(25-2)15-13-19/h16-21H,3-15H2,1-2H3. The molecule has 1 atom stereocenters. The number of carbonyl (C=O) groups is 1. The number of thioether (sulfide) groups is 1. The van der Waals surface area contributed by atoms with Gasteiger partial charge in [0.2, 0.25) is 0 Å². The normalized spacial score (nSPS) is 35.9. The number of esters is 1. The van der Waals surface area contributed by atoms with Gasteiger partial charge in [-0.05, 0) is 95.1 Å². The molecule has 2 nitrogen and oxygen atoms in total. The summed E-state index contributed by atoms with van der Waals surface area (Å²) in [6, 6.07) is 0. The topological polar surface area (TPSA) is 26.3 Å². The summed E-state index contributed by atoms with van der Waals surface area (Å²) in [6.07, 6.45) is 19.2. The Labute approximate surface area is 159 Å². The van der Waals surface area contributed by atoms with E-state index in [1.807, 2.05) is 0 Å². The van der Waals surface area contributed by atoms with Crippen molar-refractivity contribution in [3.63, 3.8) is 0 Å². The van der Waals surface area contributed by atoms with Gasteiger partial charge in [0.05, 0.1) is 5.92 Å². The minimum Gasteiger partial charge on any atom is -0.462 e. The Kier molecular flexibility index (Phi) is 7.57. The smallest absolute Gasteiger partial charge is 0.309 e. The van der Waals surface area contributed by atoms with Crippen molar-refractivity contribution in [1.29, 1.82) is 0 Å². The quantitative estimate of drug-likeness (QED) is 0.540. The largest absolute Gasteiger partial charge is 0.462 e. The van der Waals surface area contributed by atoms with Crippen LogP contribution in [0.5, 0.6) is 0 Å². The van der Waals surface area contributed by atoms with Crippen molar-refractivity contribution in [1.82, 2.24) is 0 Å². The van der Waals surface area contributed by atoms with E-state index in [0.717, 1.165) is 29.9 Å². The number of hydrogen-bond donors (Lipinski definition) is 0. The van der Waals surface area contributed by atoms with Gasteiger partial charge in [-0.2, -0.15) is 11.8 Å². The zero-order valence-corrected chi connectivity index (χ0v) is 17.2. The second-order valence-electron chi connectivity index (χ2n) is 8.92. The molecule has 0 saturated heterocycles. The van der Waals surface area contributed by atoms with Crippen molar-refractivity contribution >= 4 is 17.7 Å². The van der Waals surface area contributed by atoms with Gasteiger partial charge in [-0.1, -0.05) is 19.3 Å². The minimum atomic E-state index is 0.114. The van der Waals surface area contributed by atoms with Gasteiger partial charge in [0.1, 0.15) is 6.10 Å². The monoisotopic (exact) mass is 366 g/mol. The predicted molar refractivity (Wildman–Crippen MR) is 107 cm³/mol. The average Bonchev–Trinajstić information content (AvgIpc) is 2.69. The van der Waals surface area contributed by atoms with Crippen molar-refractivity contribution in [3.05, 3.63) is 0 Å². The Hall–Kier alpha value is -0.180. The SMILES string of the molecule is CSC1CCC(C2CCC(C(=O)OC(C)C3CCCCC3)CC2)CC1. The fourth-order valence-electron chi connectivity index (χ4n) is 5.60. The minimum absolute atomic E-state index is 0.114. The highest BCUT2D eigenvalue weighted by Gasteiger charge is 2.34. The molecule has 1 unspecified atom stereocenters. The third kappa shape index (κ3) is 5.40. The first-order valence-corrected chi connectivity index (χ1v) is 12.2. The Morgan fingerprint density at radius 3 is 1.96 bits per heavy atom. The van der Waals surface area contributed by atoms with Crippen LogP contribution in [0.3, 0.4) is 0 Å². The molecule has 0 amide bonds. The Morgan fingerprint density at radius 1 is 0.840 bits per heavy atom. The summed E-state index contributed by atoms with van der Waals surface area (Å²) in [5.41, 5.74) is 0. The molecule has 0 N–H and O–H groups in total. The van der Waals surface area contributed by atoms with Crippen molar-refractivity contribution in [3.8, 4) is 0 Å². The molecule has 0 heterocycles. The van der Waals surface area contributed by atoms with Crippen LogP contribution in [0.25, 0.3) is 0 Å². The molecular formula is C22H38O2S. The van der Waals surface area contributed by atoms with Gasteiger partial charge < -0.3 is 4.74 Å². The predicted octanol–water partition coefficient (Wildman–Crippen LogP) is 6.23. The molecule has 0 radical (unpaired) electrons. The van der Waals surface area contributed by atoms with Crippen LogP contribution in [0.1, 0.15) is 90.4 Å². The number of hydrogen-bond acceptors (Lipinski definition) is 3. The summed E-state index contributed by atoms with van der Waals surface area (Å²) in [5.74, 6) is 2.72. The first-order valence-electron chi connectivity index (χ1n) is 10.9. The van der Waals surface area contributed by atoms with Crippen LogP contribution in [0.15, 0.2) is 0 Å². The summed E-state index contributed by atoms with van der Waals surface area (Å²) < 4.78 is 5.90. The lowest BCUT2D eigenvalue weighted by molar-refractivity contribution is -0.158. The zero-order chi connectivity index (χ0) is 17.6. The third-order valence-electron chi connectivity index (χ3n) is 7.44. The number of carbonyl (C=O) groups excluding carboxylic acids is 1. The van der Waals surface area contributed by atoms with Crippen LogP contribution in [0, 0.1) is 23.7 Å². The summed E-state index contributed by atoms with van der Waals surface area (Å²) in [5, 5.41) is 0.906. The van der Waals surface area contributed by atoms with Gasteiger partial charge in [0, 0.05) is 5.25 Å². The summed E-state index contributed by atoms with van der Waals surface area (Å²) in [7, 11) is 0.